The number of aromatic nitrogens is 3. The lowest BCUT2D eigenvalue weighted by molar-refractivity contribution is -0.0241. The van der Waals surface area contributed by atoms with Gasteiger partial charge in [0.15, 0.2) is 5.82 Å². The molecular formula is C25H28N6O4S. The molecule has 11 heteroatoms. The van der Waals surface area contributed by atoms with Crippen LogP contribution in [0.4, 0.5) is 11.5 Å². The van der Waals surface area contributed by atoms with Gasteiger partial charge in [-0.3, -0.25) is 9.48 Å². The minimum absolute atomic E-state index is 0.0172. The van der Waals surface area contributed by atoms with Crippen molar-refractivity contribution in [2.45, 2.75) is 61.6 Å². The van der Waals surface area contributed by atoms with Crippen LogP contribution in [-0.2, 0) is 14.8 Å². The molecule has 3 heterocycles. The van der Waals surface area contributed by atoms with Gasteiger partial charge in [0.05, 0.1) is 47.7 Å². The summed E-state index contributed by atoms with van der Waals surface area (Å²) in [6, 6.07) is 10.4. The third-order valence-electron chi connectivity index (χ3n) is 7.57. The fourth-order valence-corrected chi connectivity index (χ4v) is 7.30. The maximum atomic E-state index is 13.4. The van der Waals surface area contributed by atoms with Crippen molar-refractivity contribution >= 4 is 32.4 Å². The third kappa shape index (κ3) is 3.99. The molecule has 10 nitrogen and oxygen atoms in total. The zero-order valence-corrected chi connectivity index (χ0v) is 20.6. The first-order chi connectivity index (χ1) is 17.5. The van der Waals surface area contributed by atoms with Gasteiger partial charge in [-0.25, -0.2) is 8.42 Å². The molecule has 1 aromatic carbocycles. The number of nitriles is 1. The summed E-state index contributed by atoms with van der Waals surface area (Å²) in [5.74, 6) is 0.761. The number of H-pyrrole nitrogens is 1. The van der Waals surface area contributed by atoms with Crippen molar-refractivity contribution < 1.29 is 13.2 Å². The molecule has 2 N–H and O–H groups in total. The molecule has 1 saturated heterocycles. The Morgan fingerprint density at radius 3 is 2.75 bits per heavy atom. The molecule has 6 rings (SSSR count). The number of anilines is 2. The lowest BCUT2D eigenvalue weighted by Gasteiger charge is -2.36. The minimum Gasteiger partial charge on any atom is -0.375 e. The number of hydrogen-bond donors (Lipinski definition) is 2. The van der Waals surface area contributed by atoms with Crippen LogP contribution in [0.1, 0.15) is 44.6 Å². The Labute approximate surface area is 208 Å². The maximum absolute atomic E-state index is 13.4. The Morgan fingerprint density at radius 1 is 1.19 bits per heavy atom. The number of fused-ring (bicyclic) bond motifs is 2. The number of sulfonamides is 1. The number of ether oxygens (including phenoxy) is 1. The number of pyridine rings is 1. The molecule has 0 amide bonds. The summed E-state index contributed by atoms with van der Waals surface area (Å²) in [5.41, 5.74) is 1.02. The molecule has 0 unspecified atom stereocenters. The smallest absolute Gasteiger partial charge is 0.261 e. The van der Waals surface area contributed by atoms with Crippen molar-refractivity contribution in [3.63, 3.8) is 0 Å². The summed E-state index contributed by atoms with van der Waals surface area (Å²) < 4.78 is 35.9. The second-order valence-electron chi connectivity index (χ2n) is 9.80. The van der Waals surface area contributed by atoms with E-state index in [9.17, 15) is 18.5 Å². The number of benzene rings is 1. The average molecular weight is 509 g/mol. The van der Waals surface area contributed by atoms with Crippen LogP contribution in [0.2, 0.25) is 0 Å². The maximum Gasteiger partial charge on any atom is 0.261 e. The normalized spacial score (nSPS) is 23.3. The van der Waals surface area contributed by atoms with Gasteiger partial charge in [0, 0.05) is 18.4 Å². The minimum atomic E-state index is -3.64. The van der Waals surface area contributed by atoms with Crippen molar-refractivity contribution in [3.05, 3.63) is 46.9 Å². The molecule has 3 atom stereocenters. The molecule has 3 aromatic rings. The standard InChI is InChI=1S/C25H28N6O4S/c26-12-10-19(16-4-5-16)31-21-11-13-27-25(32)23(21)24(29-31)28-17-6-8-18(9-7-17)36(33,34)30-14-15-35-22-3-1-2-20(22)30/h6-9,11,13,16,19-20,22H,1-5,10,14-15H2,(H,27,32)(H,28,29)/t19-,20-,22-/m0/s1. The van der Waals surface area contributed by atoms with Gasteiger partial charge < -0.3 is 15.0 Å². The third-order valence-corrected chi connectivity index (χ3v) is 9.50. The average Bonchev–Trinajstić information content (AvgIpc) is 3.49. The Balaban J connectivity index is 1.29. The summed E-state index contributed by atoms with van der Waals surface area (Å²) in [6.07, 6.45) is 6.67. The van der Waals surface area contributed by atoms with Crippen LogP contribution in [0, 0.1) is 17.2 Å². The van der Waals surface area contributed by atoms with Crippen molar-refractivity contribution in [1.29, 1.82) is 5.26 Å². The quantitative estimate of drug-likeness (QED) is 0.500. The fourth-order valence-electron chi connectivity index (χ4n) is 5.64. The Hall–Kier alpha value is -3.20. The van der Waals surface area contributed by atoms with Gasteiger partial charge in [-0.2, -0.15) is 14.7 Å². The first-order valence-corrected chi connectivity index (χ1v) is 13.9. The monoisotopic (exact) mass is 508 g/mol. The zero-order valence-electron chi connectivity index (χ0n) is 19.8. The summed E-state index contributed by atoms with van der Waals surface area (Å²) in [6.45, 7) is 0.776. The molecule has 1 aliphatic heterocycles. The van der Waals surface area contributed by atoms with E-state index in [0.29, 0.717) is 47.9 Å². The first kappa shape index (κ1) is 23.2. The Kier molecular flexibility index (Phi) is 5.82. The van der Waals surface area contributed by atoms with E-state index in [1.807, 2.05) is 0 Å². The summed E-state index contributed by atoms with van der Waals surface area (Å²) >= 11 is 0. The van der Waals surface area contributed by atoms with Gasteiger partial charge in [0.1, 0.15) is 5.39 Å². The largest absolute Gasteiger partial charge is 0.375 e. The molecule has 188 valence electrons. The first-order valence-electron chi connectivity index (χ1n) is 12.4. The molecule has 36 heavy (non-hydrogen) atoms. The summed E-state index contributed by atoms with van der Waals surface area (Å²) in [4.78, 5) is 15.6. The lowest BCUT2D eigenvalue weighted by Crippen LogP contribution is -2.51. The van der Waals surface area contributed by atoms with E-state index < -0.39 is 10.0 Å². The van der Waals surface area contributed by atoms with Crippen molar-refractivity contribution in [1.82, 2.24) is 19.1 Å². The molecule has 2 saturated carbocycles. The molecule has 0 radical (unpaired) electrons. The molecule has 0 bridgehead atoms. The lowest BCUT2D eigenvalue weighted by atomic mass is 10.1. The number of nitrogens with zero attached hydrogens (tertiary/aromatic N) is 4. The van der Waals surface area contributed by atoms with E-state index in [-0.39, 0.29) is 28.6 Å². The van der Waals surface area contributed by atoms with Crippen molar-refractivity contribution in [2.24, 2.45) is 5.92 Å². The number of rotatable bonds is 7. The SMILES string of the molecule is N#CC[C@@H](C1CC1)n1nc(Nc2ccc(S(=O)(=O)N3CCO[C@H]4CCC[C@@H]43)cc2)c2c(=O)[nH]ccc21. The van der Waals surface area contributed by atoms with E-state index >= 15 is 0 Å². The highest BCUT2D eigenvalue weighted by Crippen LogP contribution is 2.43. The van der Waals surface area contributed by atoms with Gasteiger partial charge in [0.25, 0.3) is 5.56 Å². The second kappa shape index (κ2) is 9.03. The number of morpholine rings is 1. The van der Waals surface area contributed by atoms with Gasteiger partial charge in [-0.15, -0.1) is 0 Å². The van der Waals surface area contributed by atoms with Crippen LogP contribution < -0.4 is 10.9 Å². The van der Waals surface area contributed by atoms with E-state index in [1.165, 1.54) is 0 Å². The number of aromatic amines is 1. The Morgan fingerprint density at radius 2 is 2.00 bits per heavy atom. The highest BCUT2D eigenvalue weighted by Gasteiger charge is 2.42. The summed E-state index contributed by atoms with van der Waals surface area (Å²) in [7, 11) is -3.64. The molecule has 2 aliphatic carbocycles. The van der Waals surface area contributed by atoms with E-state index in [2.05, 4.69) is 16.4 Å². The van der Waals surface area contributed by atoms with Crippen LogP contribution in [-0.4, -0.2) is 52.8 Å². The van der Waals surface area contributed by atoms with Gasteiger partial charge >= 0.3 is 0 Å². The molecule has 0 spiro atoms. The predicted octanol–water partition coefficient (Wildman–Crippen LogP) is 3.27. The van der Waals surface area contributed by atoms with Crippen LogP contribution in [0.15, 0.2) is 46.2 Å². The van der Waals surface area contributed by atoms with Gasteiger partial charge in [-0.1, -0.05) is 0 Å². The van der Waals surface area contributed by atoms with E-state index in [4.69, 9.17) is 9.84 Å². The number of nitrogens with one attached hydrogen (secondary N) is 2. The topological polar surface area (TPSA) is 133 Å². The summed E-state index contributed by atoms with van der Waals surface area (Å²) in [5, 5.41) is 17.7. The van der Waals surface area contributed by atoms with Gasteiger partial charge in [0.2, 0.25) is 10.0 Å². The van der Waals surface area contributed by atoms with Crippen molar-refractivity contribution in [2.75, 3.05) is 18.5 Å². The van der Waals surface area contributed by atoms with Crippen LogP contribution in [0.3, 0.4) is 0 Å². The molecule has 2 aromatic heterocycles. The molecule has 3 aliphatic rings. The van der Waals surface area contributed by atoms with Crippen LogP contribution >= 0.6 is 0 Å². The highest BCUT2D eigenvalue weighted by atomic mass is 32.2. The van der Waals surface area contributed by atoms with Crippen LogP contribution in [0.5, 0.6) is 0 Å². The zero-order chi connectivity index (χ0) is 24.9. The second-order valence-corrected chi connectivity index (χ2v) is 11.7. The fraction of sp³-hybridized carbons (Fsp3) is 0.480. The molecule has 3 fully saturated rings. The van der Waals surface area contributed by atoms with Crippen molar-refractivity contribution in [3.8, 4) is 6.07 Å². The molecular weight excluding hydrogens is 480 g/mol. The van der Waals surface area contributed by atoms with E-state index in [1.54, 1.807) is 45.5 Å². The Bertz CT molecular complexity index is 1490. The van der Waals surface area contributed by atoms with E-state index in [0.717, 1.165) is 32.1 Å². The predicted molar refractivity (Wildman–Crippen MR) is 133 cm³/mol. The van der Waals surface area contributed by atoms with Crippen LogP contribution in [0.25, 0.3) is 10.9 Å². The highest BCUT2D eigenvalue weighted by molar-refractivity contribution is 7.89. The van der Waals surface area contributed by atoms with Gasteiger partial charge in [-0.05, 0) is 68.4 Å². The number of hydrogen-bond acceptors (Lipinski definition) is 7.